The molecule has 23 heavy (non-hydrogen) atoms. The molecule has 0 saturated heterocycles. The van der Waals surface area contributed by atoms with Gasteiger partial charge in [0.2, 0.25) is 5.91 Å². The van der Waals surface area contributed by atoms with Crippen LogP contribution >= 0.6 is 0 Å². The third-order valence-electron chi connectivity index (χ3n) is 4.10. The highest BCUT2D eigenvalue weighted by Gasteiger charge is 2.30. The number of nitrogens with zero attached hydrogens (tertiary/aromatic N) is 2. The van der Waals surface area contributed by atoms with E-state index in [1.54, 1.807) is 12.1 Å². The SMILES string of the molecule is CC(C)NC(=O)CN1CCn2cccc2C1c1cccc(F)c1. The van der Waals surface area contributed by atoms with Gasteiger partial charge in [-0.3, -0.25) is 9.69 Å². The summed E-state index contributed by atoms with van der Waals surface area (Å²) in [5, 5.41) is 2.93. The lowest BCUT2D eigenvalue weighted by Gasteiger charge is -2.37. The van der Waals surface area contributed by atoms with E-state index in [4.69, 9.17) is 0 Å². The van der Waals surface area contributed by atoms with Crippen molar-refractivity contribution in [2.75, 3.05) is 13.1 Å². The average molecular weight is 315 g/mol. The van der Waals surface area contributed by atoms with Crippen LogP contribution in [0.5, 0.6) is 0 Å². The van der Waals surface area contributed by atoms with Crippen molar-refractivity contribution in [2.45, 2.75) is 32.5 Å². The van der Waals surface area contributed by atoms with Crippen LogP contribution in [0, 0.1) is 5.82 Å². The van der Waals surface area contributed by atoms with Crippen LogP contribution in [0.4, 0.5) is 4.39 Å². The van der Waals surface area contributed by atoms with Gasteiger partial charge in [-0.25, -0.2) is 4.39 Å². The molecule has 0 fully saturated rings. The number of amides is 1. The molecule has 1 atom stereocenters. The Bertz CT molecular complexity index is 695. The second kappa shape index (κ2) is 6.54. The smallest absolute Gasteiger partial charge is 0.234 e. The number of nitrogens with one attached hydrogen (secondary N) is 1. The van der Waals surface area contributed by atoms with Gasteiger partial charge in [-0.2, -0.15) is 0 Å². The van der Waals surface area contributed by atoms with E-state index < -0.39 is 0 Å². The summed E-state index contributed by atoms with van der Waals surface area (Å²) in [7, 11) is 0. The lowest BCUT2D eigenvalue weighted by molar-refractivity contribution is -0.123. The monoisotopic (exact) mass is 315 g/mol. The zero-order valence-electron chi connectivity index (χ0n) is 13.5. The Hall–Kier alpha value is -2.14. The normalized spacial score (nSPS) is 18.0. The maximum Gasteiger partial charge on any atom is 0.234 e. The Morgan fingerprint density at radius 2 is 2.13 bits per heavy atom. The molecular weight excluding hydrogens is 293 g/mol. The number of benzene rings is 1. The summed E-state index contributed by atoms with van der Waals surface area (Å²) in [6, 6.07) is 10.7. The molecule has 2 heterocycles. The molecule has 1 N–H and O–H groups in total. The van der Waals surface area contributed by atoms with Crippen molar-refractivity contribution in [2.24, 2.45) is 0 Å². The fraction of sp³-hybridized carbons (Fsp3) is 0.389. The number of aromatic nitrogens is 1. The molecule has 3 rings (SSSR count). The summed E-state index contributed by atoms with van der Waals surface area (Å²) in [6.45, 7) is 5.80. The van der Waals surface area contributed by atoms with Gasteiger partial charge < -0.3 is 9.88 Å². The van der Waals surface area contributed by atoms with Gasteiger partial charge in [-0.15, -0.1) is 0 Å². The number of fused-ring (bicyclic) bond motifs is 1. The van der Waals surface area contributed by atoms with E-state index in [2.05, 4.69) is 14.8 Å². The molecule has 1 aliphatic heterocycles. The highest BCUT2D eigenvalue weighted by Crippen LogP contribution is 2.32. The quantitative estimate of drug-likeness (QED) is 0.941. The lowest BCUT2D eigenvalue weighted by atomic mass is 9.99. The maximum absolute atomic E-state index is 13.7. The molecule has 0 bridgehead atoms. The zero-order chi connectivity index (χ0) is 16.4. The van der Waals surface area contributed by atoms with Crippen molar-refractivity contribution in [1.82, 2.24) is 14.8 Å². The molecule has 1 unspecified atom stereocenters. The summed E-state index contributed by atoms with van der Waals surface area (Å²) < 4.78 is 15.9. The molecule has 0 saturated carbocycles. The number of halogens is 1. The minimum atomic E-state index is -0.252. The summed E-state index contributed by atoms with van der Waals surface area (Å²) in [4.78, 5) is 14.3. The summed E-state index contributed by atoms with van der Waals surface area (Å²) in [5.41, 5.74) is 1.97. The van der Waals surface area contributed by atoms with Gasteiger partial charge >= 0.3 is 0 Å². The van der Waals surface area contributed by atoms with Gasteiger partial charge in [-0.1, -0.05) is 12.1 Å². The first kappa shape index (κ1) is 15.7. The number of hydrogen-bond acceptors (Lipinski definition) is 2. The van der Waals surface area contributed by atoms with Crippen LogP contribution in [0.25, 0.3) is 0 Å². The topological polar surface area (TPSA) is 37.3 Å². The Labute approximate surface area is 135 Å². The van der Waals surface area contributed by atoms with E-state index in [1.165, 1.54) is 6.07 Å². The number of rotatable bonds is 4. The number of carbonyl (C=O) groups is 1. The lowest BCUT2D eigenvalue weighted by Crippen LogP contribution is -2.45. The second-order valence-corrected chi connectivity index (χ2v) is 6.28. The molecule has 1 aromatic heterocycles. The maximum atomic E-state index is 13.7. The van der Waals surface area contributed by atoms with Gasteiger partial charge in [-0.05, 0) is 43.7 Å². The summed E-state index contributed by atoms with van der Waals surface area (Å²) >= 11 is 0. The molecule has 122 valence electrons. The third-order valence-corrected chi connectivity index (χ3v) is 4.10. The Balaban J connectivity index is 1.91. The van der Waals surface area contributed by atoms with Crippen LogP contribution in [-0.2, 0) is 11.3 Å². The predicted molar refractivity (Wildman–Crippen MR) is 87.5 cm³/mol. The van der Waals surface area contributed by atoms with E-state index in [9.17, 15) is 9.18 Å². The van der Waals surface area contributed by atoms with E-state index in [0.717, 1.165) is 24.3 Å². The zero-order valence-corrected chi connectivity index (χ0v) is 13.5. The fourth-order valence-corrected chi connectivity index (χ4v) is 3.21. The van der Waals surface area contributed by atoms with E-state index >= 15 is 0 Å². The molecule has 1 aromatic carbocycles. The standard InChI is InChI=1S/C18H22FN3O/c1-13(2)20-17(23)12-22-10-9-21-8-4-7-16(21)18(22)14-5-3-6-15(19)11-14/h3-8,11,13,18H,9-10,12H2,1-2H3,(H,20,23). The first-order valence-electron chi connectivity index (χ1n) is 7.98. The van der Waals surface area contributed by atoms with E-state index in [1.807, 2.05) is 38.2 Å². The number of hydrogen-bond donors (Lipinski definition) is 1. The van der Waals surface area contributed by atoms with Crippen molar-refractivity contribution < 1.29 is 9.18 Å². The van der Waals surface area contributed by atoms with Crippen LogP contribution in [0.1, 0.15) is 31.1 Å². The van der Waals surface area contributed by atoms with Gasteiger partial charge in [0.25, 0.3) is 0 Å². The van der Waals surface area contributed by atoms with Crippen molar-refractivity contribution in [3.63, 3.8) is 0 Å². The van der Waals surface area contributed by atoms with Crippen LogP contribution in [0.2, 0.25) is 0 Å². The molecule has 2 aromatic rings. The van der Waals surface area contributed by atoms with Crippen molar-refractivity contribution in [3.8, 4) is 0 Å². The predicted octanol–water partition coefficient (Wildman–Crippen LogP) is 2.56. The number of carbonyl (C=O) groups excluding carboxylic acids is 1. The van der Waals surface area contributed by atoms with Crippen molar-refractivity contribution >= 4 is 5.91 Å². The fourth-order valence-electron chi connectivity index (χ4n) is 3.21. The van der Waals surface area contributed by atoms with Gasteiger partial charge in [0.15, 0.2) is 0 Å². The van der Waals surface area contributed by atoms with Crippen LogP contribution in [0.3, 0.4) is 0 Å². The van der Waals surface area contributed by atoms with Gasteiger partial charge in [0, 0.05) is 31.0 Å². The second-order valence-electron chi connectivity index (χ2n) is 6.28. The molecular formula is C18H22FN3O. The summed E-state index contributed by atoms with van der Waals surface area (Å²) in [5.74, 6) is -0.251. The Morgan fingerprint density at radius 1 is 1.30 bits per heavy atom. The molecule has 5 heteroatoms. The van der Waals surface area contributed by atoms with Crippen molar-refractivity contribution in [3.05, 3.63) is 59.7 Å². The minimum absolute atomic E-state index is 0.00130. The van der Waals surface area contributed by atoms with Crippen LogP contribution in [0.15, 0.2) is 42.6 Å². The third kappa shape index (κ3) is 3.45. The highest BCUT2D eigenvalue weighted by atomic mass is 19.1. The average Bonchev–Trinajstić information content (AvgIpc) is 2.94. The Kier molecular flexibility index (Phi) is 4.48. The Morgan fingerprint density at radius 3 is 2.87 bits per heavy atom. The first-order chi connectivity index (χ1) is 11.0. The molecule has 0 radical (unpaired) electrons. The van der Waals surface area contributed by atoms with Crippen LogP contribution < -0.4 is 5.32 Å². The van der Waals surface area contributed by atoms with Gasteiger partial charge in [0.05, 0.1) is 12.6 Å². The molecule has 0 spiro atoms. The largest absolute Gasteiger partial charge is 0.353 e. The van der Waals surface area contributed by atoms with E-state index in [0.29, 0.717) is 6.54 Å². The highest BCUT2D eigenvalue weighted by molar-refractivity contribution is 5.78. The molecule has 4 nitrogen and oxygen atoms in total. The molecule has 0 aliphatic carbocycles. The van der Waals surface area contributed by atoms with E-state index in [-0.39, 0.29) is 23.8 Å². The van der Waals surface area contributed by atoms with Gasteiger partial charge in [0.1, 0.15) is 5.82 Å². The van der Waals surface area contributed by atoms with Crippen molar-refractivity contribution in [1.29, 1.82) is 0 Å². The first-order valence-corrected chi connectivity index (χ1v) is 7.98. The summed E-state index contributed by atoms with van der Waals surface area (Å²) in [6.07, 6.45) is 2.03. The molecule has 1 aliphatic rings. The van der Waals surface area contributed by atoms with Crippen LogP contribution in [-0.4, -0.2) is 34.5 Å². The minimum Gasteiger partial charge on any atom is -0.353 e. The molecule has 1 amide bonds.